The van der Waals surface area contributed by atoms with Crippen molar-refractivity contribution in [2.45, 2.75) is 19.6 Å². The number of benzene rings is 2. The molecule has 0 unspecified atom stereocenters. The molecule has 3 heteroatoms. The van der Waals surface area contributed by atoms with Crippen LogP contribution in [-0.4, -0.2) is 12.2 Å². The van der Waals surface area contributed by atoms with Gasteiger partial charge >= 0.3 is 0 Å². The van der Waals surface area contributed by atoms with Crippen LogP contribution in [0.4, 0.5) is 10.1 Å². The summed E-state index contributed by atoms with van der Waals surface area (Å²) in [5.41, 5.74) is 2.92. The Morgan fingerprint density at radius 2 is 1.74 bits per heavy atom. The van der Waals surface area contributed by atoms with Crippen molar-refractivity contribution >= 4 is 5.69 Å². The maximum atomic E-state index is 12.9. The molecule has 0 spiro atoms. The van der Waals surface area contributed by atoms with E-state index in [2.05, 4.69) is 4.90 Å². The highest BCUT2D eigenvalue weighted by atomic mass is 19.1. The van der Waals surface area contributed by atoms with Gasteiger partial charge in [0.1, 0.15) is 5.82 Å². The molecule has 19 heavy (non-hydrogen) atoms. The Bertz CT molecular complexity index is 537. The van der Waals surface area contributed by atoms with E-state index in [1.807, 2.05) is 31.3 Å². The van der Waals surface area contributed by atoms with E-state index < -0.39 is 6.10 Å². The van der Waals surface area contributed by atoms with Crippen molar-refractivity contribution in [3.05, 3.63) is 65.5 Å². The average Bonchev–Trinajstić information content (AvgIpc) is 2.41. The summed E-state index contributed by atoms with van der Waals surface area (Å²) in [4.78, 5) is 2.05. The number of anilines is 1. The van der Waals surface area contributed by atoms with Crippen LogP contribution in [-0.2, 0) is 6.54 Å². The van der Waals surface area contributed by atoms with E-state index in [4.69, 9.17) is 0 Å². The van der Waals surface area contributed by atoms with Crippen LogP contribution in [0.25, 0.3) is 0 Å². The summed E-state index contributed by atoms with van der Waals surface area (Å²) in [5, 5.41) is 9.78. The van der Waals surface area contributed by atoms with Crippen molar-refractivity contribution in [3.8, 4) is 0 Å². The lowest BCUT2D eigenvalue weighted by Crippen LogP contribution is -2.18. The minimum absolute atomic E-state index is 0.226. The molecule has 0 aromatic heterocycles. The summed E-state index contributed by atoms with van der Waals surface area (Å²) < 4.78 is 12.9. The van der Waals surface area contributed by atoms with Gasteiger partial charge in [-0.05, 0) is 30.7 Å². The van der Waals surface area contributed by atoms with Crippen LogP contribution in [0.1, 0.15) is 24.2 Å². The quantitative estimate of drug-likeness (QED) is 0.908. The molecule has 0 aliphatic rings. The minimum Gasteiger partial charge on any atom is -0.389 e. The lowest BCUT2D eigenvalue weighted by atomic mass is 10.1. The molecular formula is C16H18FNO. The number of aliphatic hydroxyl groups excluding tert-OH is 1. The molecule has 1 N–H and O–H groups in total. The van der Waals surface area contributed by atoms with Gasteiger partial charge in [-0.15, -0.1) is 0 Å². The Kier molecular flexibility index (Phi) is 4.17. The van der Waals surface area contributed by atoms with Gasteiger partial charge in [-0.25, -0.2) is 4.39 Å². The molecule has 0 fully saturated rings. The minimum atomic E-state index is -0.508. The van der Waals surface area contributed by atoms with Gasteiger partial charge in [0, 0.05) is 24.8 Å². The van der Waals surface area contributed by atoms with Crippen LogP contribution >= 0.6 is 0 Å². The molecular weight excluding hydrogens is 241 g/mol. The molecule has 0 heterocycles. The van der Waals surface area contributed by atoms with Crippen molar-refractivity contribution in [1.82, 2.24) is 0 Å². The molecule has 1 atom stereocenters. The van der Waals surface area contributed by atoms with Crippen molar-refractivity contribution in [2.24, 2.45) is 0 Å². The molecule has 2 aromatic carbocycles. The van der Waals surface area contributed by atoms with Crippen molar-refractivity contribution < 1.29 is 9.50 Å². The molecule has 2 nitrogen and oxygen atoms in total. The first kappa shape index (κ1) is 13.6. The van der Waals surface area contributed by atoms with Crippen molar-refractivity contribution in [1.29, 1.82) is 0 Å². The first-order chi connectivity index (χ1) is 9.08. The SMILES string of the molecule is C[C@H](O)c1ccccc1N(C)Cc1ccc(F)cc1. The van der Waals surface area contributed by atoms with Gasteiger partial charge < -0.3 is 10.0 Å². The molecule has 0 aliphatic heterocycles. The lowest BCUT2D eigenvalue weighted by Gasteiger charge is -2.23. The van der Waals surface area contributed by atoms with E-state index in [0.717, 1.165) is 16.8 Å². The molecule has 0 saturated heterocycles. The number of halogens is 1. The van der Waals surface area contributed by atoms with E-state index in [1.165, 1.54) is 12.1 Å². The smallest absolute Gasteiger partial charge is 0.123 e. The summed E-state index contributed by atoms with van der Waals surface area (Å²) in [6.07, 6.45) is -0.508. The first-order valence-corrected chi connectivity index (χ1v) is 6.30. The zero-order chi connectivity index (χ0) is 13.8. The predicted molar refractivity (Wildman–Crippen MR) is 75.6 cm³/mol. The standard InChI is InChI=1S/C16H18FNO/c1-12(19)15-5-3-4-6-16(15)18(2)11-13-7-9-14(17)10-8-13/h3-10,12,19H,11H2,1-2H3/t12-/m0/s1. The Labute approximate surface area is 113 Å². The van der Waals surface area contributed by atoms with Gasteiger partial charge in [0.25, 0.3) is 0 Å². The van der Waals surface area contributed by atoms with Crippen LogP contribution in [0.15, 0.2) is 48.5 Å². The summed E-state index contributed by atoms with van der Waals surface area (Å²) in [6.45, 7) is 2.43. The Morgan fingerprint density at radius 3 is 2.37 bits per heavy atom. The molecule has 0 aliphatic carbocycles. The number of aliphatic hydroxyl groups is 1. The Balaban J connectivity index is 2.20. The van der Waals surface area contributed by atoms with Gasteiger partial charge in [0.15, 0.2) is 0 Å². The normalized spacial score (nSPS) is 12.2. The van der Waals surface area contributed by atoms with Crippen molar-refractivity contribution in [3.63, 3.8) is 0 Å². The lowest BCUT2D eigenvalue weighted by molar-refractivity contribution is 0.199. The van der Waals surface area contributed by atoms with Gasteiger partial charge in [0.2, 0.25) is 0 Å². The number of hydrogen-bond acceptors (Lipinski definition) is 2. The maximum absolute atomic E-state index is 12.9. The highest BCUT2D eigenvalue weighted by Gasteiger charge is 2.11. The molecule has 0 radical (unpaired) electrons. The van der Waals surface area contributed by atoms with Crippen LogP contribution < -0.4 is 4.90 Å². The fourth-order valence-electron chi connectivity index (χ4n) is 2.14. The second-order valence-corrected chi connectivity index (χ2v) is 4.72. The van der Waals surface area contributed by atoms with Crippen LogP contribution in [0, 0.1) is 5.82 Å². The molecule has 0 saturated carbocycles. The first-order valence-electron chi connectivity index (χ1n) is 6.30. The second-order valence-electron chi connectivity index (χ2n) is 4.72. The van der Waals surface area contributed by atoms with Crippen LogP contribution in [0.3, 0.4) is 0 Å². The molecule has 2 aromatic rings. The fraction of sp³-hybridized carbons (Fsp3) is 0.250. The van der Waals surface area contributed by atoms with E-state index in [1.54, 1.807) is 19.1 Å². The largest absolute Gasteiger partial charge is 0.389 e. The molecule has 2 rings (SSSR count). The van der Waals surface area contributed by atoms with E-state index in [9.17, 15) is 9.50 Å². The summed E-state index contributed by atoms with van der Waals surface area (Å²) >= 11 is 0. The summed E-state index contributed by atoms with van der Waals surface area (Å²) in [5.74, 6) is -0.226. The fourth-order valence-corrected chi connectivity index (χ4v) is 2.14. The third-order valence-corrected chi connectivity index (χ3v) is 3.13. The average molecular weight is 259 g/mol. The monoisotopic (exact) mass is 259 g/mol. The van der Waals surface area contributed by atoms with Gasteiger partial charge in [-0.1, -0.05) is 30.3 Å². The van der Waals surface area contributed by atoms with Gasteiger partial charge in [0.05, 0.1) is 6.10 Å². The molecule has 0 amide bonds. The number of nitrogens with zero attached hydrogens (tertiary/aromatic N) is 1. The Hall–Kier alpha value is -1.87. The third kappa shape index (κ3) is 3.32. The maximum Gasteiger partial charge on any atom is 0.123 e. The number of hydrogen-bond donors (Lipinski definition) is 1. The number of para-hydroxylation sites is 1. The zero-order valence-corrected chi connectivity index (χ0v) is 11.2. The summed E-state index contributed by atoms with van der Waals surface area (Å²) in [7, 11) is 1.96. The van der Waals surface area contributed by atoms with E-state index >= 15 is 0 Å². The highest BCUT2D eigenvalue weighted by Crippen LogP contribution is 2.26. The number of rotatable bonds is 4. The van der Waals surface area contributed by atoms with Crippen molar-refractivity contribution in [2.75, 3.05) is 11.9 Å². The second kappa shape index (κ2) is 5.85. The van der Waals surface area contributed by atoms with E-state index in [0.29, 0.717) is 6.54 Å². The van der Waals surface area contributed by atoms with Crippen LogP contribution in [0.2, 0.25) is 0 Å². The van der Waals surface area contributed by atoms with Gasteiger partial charge in [-0.2, -0.15) is 0 Å². The van der Waals surface area contributed by atoms with Gasteiger partial charge in [-0.3, -0.25) is 0 Å². The topological polar surface area (TPSA) is 23.5 Å². The molecule has 100 valence electrons. The zero-order valence-electron chi connectivity index (χ0n) is 11.2. The molecule has 0 bridgehead atoms. The van der Waals surface area contributed by atoms with Crippen LogP contribution in [0.5, 0.6) is 0 Å². The Morgan fingerprint density at radius 1 is 1.11 bits per heavy atom. The third-order valence-electron chi connectivity index (χ3n) is 3.13. The highest BCUT2D eigenvalue weighted by molar-refractivity contribution is 5.54. The summed E-state index contributed by atoms with van der Waals surface area (Å²) in [6, 6.07) is 14.2. The van der Waals surface area contributed by atoms with E-state index in [-0.39, 0.29) is 5.82 Å². The predicted octanol–water partition coefficient (Wildman–Crippen LogP) is 3.52.